The van der Waals surface area contributed by atoms with Gasteiger partial charge in [0.1, 0.15) is 5.75 Å². The summed E-state index contributed by atoms with van der Waals surface area (Å²) in [5.74, 6) is 3.19. The molecule has 1 amide bonds. The molecule has 2 atom stereocenters. The van der Waals surface area contributed by atoms with Crippen molar-refractivity contribution in [3.63, 3.8) is 0 Å². The van der Waals surface area contributed by atoms with E-state index in [1.54, 1.807) is 0 Å². The van der Waals surface area contributed by atoms with Crippen LogP contribution in [0.25, 0.3) is 0 Å². The Morgan fingerprint density at radius 3 is 2.68 bits per heavy atom. The fraction of sp³-hybridized carbons (Fsp3) is 0.588. The van der Waals surface area contributed by atoms with Crippen LogP contribution in [0.15, 0.2) is 24.3 Å². The first-order valence-corrected chi connectivity index (χ1v) is 9.22. The third-order valence-electron chi connectivity index (χ3n) is 4.11. The highest BCUT2D eigenvalue weighted by Gasteiger charge is 2.23. The van der Waals surface area contributed by atoms with Crippen LogP contribution < -0.4 is 15.4 Å². The highest BCUT2D eigenvalue weighted by Crippen LogP contribution is 2.23. The van der Waals surface area contributed by atoms with Crippen LogP contribution in [0.2, 0.25) is 0 Å². The second-order valence-electron chi connectivity index (χ2n) is 6.15. The Morgan fingerprint density at radius 1 is 1.27 bits per heavy atom. The van der Waals surface area contributed by atoms with Gasteiger partial charge in [-0.05, 0) is 49.6 Å². The Labute approximate surface area is 136 Å². The normalized spacial score (nSPS) is 22.3. The van der Waals surface area contributed by atoms with E-state index in [4.69, 9.17) is 4.74 Å². The predicted molar refractivity (Wildman–Crippen MR) is 90.4 cm³/mol. The number of carbonyl (C=O) groups excluding carboxylic acids is 1. The van der Waals surface area contributed by atoms with E-state index in [9.17, 15) is 4.79 Å². The molecule has 0 bridgehead atoms. The van der Waals surface area contributed by atoms with Crippen LogP contribution in [0.3, 0.4) is 0 Å². The molecule has 1 saturated carbocycles. The molecular formula is C17H24N2O2S. The molecule has 0 aromatic heterocycles. The van der Waals surface area contributed by atoms with Gasteiger partial charge in [0.15, 0.2) is 6.61 Å². The lowest BCUT2D eigenvalue weighted by Gasteiger charge is -2.19. The number of hydrogen-bond donors (Lipinski definition) is 2. The van der Waals surface area contributed by atoms with Gasteiger partial charge in [-0.15, -0.1) is 0 Å². The molecule has 4 nitrogen and oxygen atoms in total. The molecule has 1 saturated heterocycles. The Hall–Kier alpha value is -1.20. The van der Waals surface area contributed by atoms with Gasteiger partial charge in [-0.25, -0.2) is 0 Å². The summed E-state index contributed by atoms with van der Waals surface area (Å²) in [5, 5.41) is 6.59. The number of thioether (sulfide) groups is 1. The van der Waals surface area contributed by atoms with Crippen LogP contribution in [0.1, 0.15) is 37.8 Å². The van der Waals surface area contributed by atoms with Crippen molar-refractivity contribution in [2.75, 3.05) is 18.1 Å². The smallest absolute Gasteiger partial charge is 0.258 e. The monoisotopic (exact) mass is 320 g/mol. The molecule has 0 spiro atoms. The molecule has 1 aromatic carbocycles. The van der Waals surface area contributed by atoms with E-state index in [1.165, 1.54) is 23.5 Å². The first kappa shape index (κ1) is 15.7. The number of benzene rings is 1. The van der Waals surface area contributed by atoms with Crippen LogP contribution in [-0.4, -0.2) is 36.1 Å². The number of hydrogen-bond acceptors (Lipinski definition) is 4. The lowest BCUT2D eigenvalue weighted by molar-refractivity contribution is -0.123. The highest BCUT2D eigenvalue weighted by molar-refractivity contribution is 7.99. The van der Waals surface area contributed by atoms with E-state index in [2.05, 4.69) is 29.7 Å². The molecule has 120 valence electrons. The van der Waals surface area contributed by atoms with E-state index in [-0.39, 0.29) is 12.5 Å². The second-order valence-corrected chi connectivity index (χ2v) is 7.30. The molecule has 2 aliphatic rings. The Balaban J connectivity index is 1.45. The van der Waals surface area contributed by atoms with Crippen LogP contribution in [-0.2, 0) is 4.79 Å². The van der Waals surface area contributed by atoms with E-state index in [0.717, 1.165) is 18.6 Å². The maximum Gasteiger partial charge on any atom is 0.258 e. The van der Waals surface area contributed by atoms with Gasteiger partial charge in [-0.2, -0.15) is 11.8 Å². The molecule has 0 radical (unpaired) electrons. The highest BCUT2D eigenvalue weighted by atomic mass is 32.2. The molecule has 3 rings (SSSR count). The summed E-state index contributed by atoms with van der Waals surface area (Å²) in [5.41, 5.74) is 1.26. The summed E-state index contributed by atoms with van der Waals surface area (Å²) in [6, 6.07) is 9.40. The molecule has 1 aliphatic carbocycles. The summed E-state index contributed by atoms with van der Waals surface area (Å²) < 4.78 is 5.53. The van der Waals surface area contributed by atoms with Gasteiger partial charge in [0.25, 0.3) is 5.91 Å². The van der Waals surface area contributed by atoms with Crippen molar-refractivity contribution in [1.29, 1.82) is 0 Å². The molecule has 2 fully saturated rings. The number of rotatable bonds is 7. The van der Waals surface area contributed by atoms with E-state index in [0.29, 0.717) is 18.1 Å². The van der Waals surface area contributed by atoms with E-state index < -0.39 is 0 Å². The van der Waals surface area contributed by atoms with Gasteiger partial charge in [-0.3, -0.25) is 4.79 Å². The van der Waals surface area contributed by atoms with Gasteiger partial charge in [0.2, 0.25) is 0 Å². The van der Waals surface area contributed by atoms with Gasteiger partial charge in [0.05, 0.1) is 0 Å². The molecule has 5 heteroatoms. The number of carbonyl (C=O) groups is 1. The van der Waals surface area contributed by atoms with Crippen LogP contribution in [0, 0.1) is 0 Å². The Morgan fingerprint density at radius 2 is 2.05 bits per heavy atom. The molecule has 1 heterocycles. The number of amides is 1. The molecule has 2 N–H and O–H groups in total. The summed E-state index contributed by atoms with van der Waals surface area (Å²) in [4.78, 5) is 11.6. The van der Waals surface area contributed by atoms with Gasteiger partial charge >= 0.3 is 0 Å². The average Bonchev–Trinajstić information content (AvgIpc) is 3.18. The summed E-state index contributed by atoms with van der Waals surface area (Å²) in [7, 11) is 0. The zero-order valence-corrected chi connectivity index (χ0v) is 13.8. The van der Waals surface area contributed by atoms with Gasteiger partial charge < -0.3 is 15.4 Å². The SMILES string of the molecule is CC(NC1CCSC1)c1ccc(OCC(=O)NC2CC2)cc1. The zero-order valence-electron chi connectivity index (χ0n) is 13.0. The minimum Gasteiger partial charge on any atom is -0.484 e. The second kappa shape index (κ2) is 7.38. The third-order valence-corrected chi connectivity index (χ3v) is 5.27. The maximum absolute atomic E-state index is 11.6. The minimum atomic E-state index is -0.0275. The predicted octanol–water partition coefficient (Wildman–Crippen LogP) is 2.50. The average molecular weight is 320 g/mol. The summed E-state index contributed by atoms with van der Waals surface area (Å²) in [6.07, 6.45) is 3.46. The maximum atomic E-state index is 11.6. The largest absolute Gasteiger partial charge is 0.484 e. The van der Waals surface area contributed by atoms with Gasteiger partial charge in [0, 0.05) is 23.9 Å². The first-order valence-electron chi connectivity index (χ1n) is 8.06. The quantitative estimate of drug-likeness (QED) is 0.810. The molecule has 1 aliphatic heterocycles. The van der Waals surface area contributed by atoms with Crippen LogP contribution in [0.5, 0.6) is 5.75 Å². The fourth-order valence-electron chi connectivity index (χ4n) is 2.61. The van der Waals surface area contributed by atoms with Crippen molar-refractivity contribution in [3.05, 3.63) is 29.8 Å². The van der Waals surface area contributed by atoms with Crippen molar-refractivity contribution in [2.24, 2.45) is 0 Å². The number of ether oxygens (including phenoxy) is 1. The number of nitrogens with one attached hydrogen (secondary N) is 2. The standard InChI is InChI=1S/C17H24N2O2S/c1-12(18-15-8-9-22-11-15)13-2-6-16(7-3-13)21-10-17(20)19-14-4-5-14/h2-3,6-7,12,14-15,18H,4-5,8-11H2,1H3,(H,19,20). The lowest BCUT2D eigenvalue weighted by atomic mass is 10.1. The molecule has 22 heavy (non-hydrogen) atoms. The van der Waals surface area contributed by atoms with E-state index >= 15 is 0 Å². The Bertz CT molecular complexity index is 496. The van der Waals surface area contributed by atoms with Crippen molar-refractivity contribution in [2.45, 2.75) is 44.3 Å². The minimum absolute atomic E-state index is 0.0275. The molecular weight excluding hydrogens is 296 g/mol. The van der Waals surface area contributed by atoms with Crippen molar-refractivity contribution in [3.8, 4) is 5.75 Å². The zero-order chi connectivity index (χ0) is 15.4. The third kappa shape index (κ3) is 4.65. The van der Waals surface area contributed by atoms with E-state index in [1.807, 2.05) is 23.9 Å². The molecule has 1 aromatic rings. The first-order chi connectivity index (χ1) is 10.7. The van der Waals surface area contributed by atoms with Crippen LogP contribution >= 0.6 is 11.8 Å². The molecule has 2 unspecified atom stereocenters. The lowest BCUT2D eigenvalue weighted by Crippen LogP contribution is -2.31. The van der Waals surface area contributed by atoms with Gasteiger partial charge in [-0.1, -0.05) is 12.1 Å². The van der Waals surface area contributed by atoms with Crippen molar-refractivity contribution >= 4 is 17.7 Å². The van der Waals surface area contributed by atoms with Crippen molar-refractivity contribution in [1.82, 2.24) is 10.6 Å². The fourth-order valence-corrected chi connectivity index (χ4v) is 3.78. The van der Waals surface area contributed by atoms with Crippen LogP contribution in [0.4, 0.5) is 0 Å². The summed E-state index contributed by atoms with van der Waals surface area (Å²) >= 11 is 2.02. The topological polar surface area (TPSA) is 50.4 Å². The summed E-state index contributed by atoms with van der Waals surface area (Å²) in [6.45, 7) is 2.30. The van der Waals surface area contributed by atoms with Crippen molar-refractivity contribution < 1.29 is 9.53 Å². The Kier molecular flexibility index (Phi) is 5.26.